The minimum Gasteiger partial charge on any atom is -0.359 e. The summed E-state index contributed by atoms with van der Waals surface area (Å²) in [7, 11) is -3.82. The molecule has 0 radical (unpaired) electrons. The summed E-state index contributed by atoms with van der Waals surface area (Å²) in [5, 5.41) is 4.38. The van der Waals surface area contributed by atoms with Gasteiger partial charge in [0.25, 0.3) is 10.0 Å². The van der Waals surface area contributed by atoms with Crippen molar-refractivity contribution in [3.05, 3.63) is 64.8 Å². The van der Waals surface area contributed by atoms with E-state index in [1.54, 1.807) is 24.0 Å². The van der Waals surface area contributed by atoms with Gasteiger partial charge in [-0.15, -0.1) is 0 Å². The van der Waals surface area contributed by atoms with Crippen LogP contribution in [0, 0.1) is 6.92 Å². The maximum Gasteiger partial charge on any atom is 0.264 e. The summed E-state index contributed by atoms with van der Waals surface area (Å²) in [5.41, 5.74) is 3.49. The number of aromatic nitrogens is 1. The van der Waals surface area contributed by atoms with Gasteiger partial charge in [-0.05, 0) is 74.2 Å². The molecule has 10 heteroatoms. The van der Waals surface area contributed by atoms with Crippen LogP contribution in [0.2, 0.25) is 5.02 Å². The fraction of sp³-hybridized carbons (Fsp3) is 0.304. The average Bonchev–Trinajstić information content (AvgIpc) is 3.37. The van der Waals surface area contributed by atoms with Crippen molar-refractivity contribution in [2.75, 3.05) is 27.6 Å². The van der Waals surface area contributed by atoms with E-state index < -0.39 is 10.0 Å². The van der Waals surface area contributed by atoms with Crippen LogP contribution < -0.4 is 14.5 Å². The van der Waals surface area contributed by atoms with E-state index in [1.807, 2.05) is 18.2 Å². The lowest BCUT2D eigenvalue weighted by Gasteiger charge is -2.35. The Labute approximate surface area is 197 Å². The number of rotatable bonds is 5. The summed E-state index contributed by atoms with van der Waals surface area (Å²) in [4.78, 5) is 17.3. The predicted molar refractivity (Wildman–Crippen MR) is 126 cm³/mol. The average molecular weight is 487 g/mol. The molecule has 172 valence electrons. The van der Waals surface area contributed by atoms with Crippen molar-refractivity contribution in [1.82, 2.24) is 5.16 Å². The Balaban J connectivity index is 1.33. The number of nitrogens with zero attached hydrogens (tertiary/aromatic N) is 3. The monoisotopic (exact) mass is 486 g/mol. The third-order valence-electron chi connectivity index (χ3n) is 6.07. The molecule has 1 aromatic heterocycles. The Hall–Kier alpha value is -3.04. The molecular weight excluding hydrogens is 464 g/mol. The zero-order chi connectivity index (χ0) is 23.2. The maximum absolute atomic E-state index is 13.3. The normalized spacial score (nSPS) is 18.5. The second-order valence-electron chi connectivity index (χ2n) is 8.30. The molecule has 2 aliphatic heterocycles. The molecular formula is C23H23ClN4O4S. The number of amides is 1. The van der Waals surface area contributed by atoms with E-state index in [1.165, 1.54) is 23.8 Å². The van der Waals surface area contributed by atoms with Gasteiger partial charge in [-0.3, -0.25) is 4.79 Å². The SMILES string of the molecule is Cc1cc(NS(=O)(=O)c2ccc(N3CC[C@@H](N4CCCc5cc(Cl)ccc54)C3=O)cc2)on1. The smallest absolute Gasteiger partial charge is 0.264 e. The summed E-state index contributed by atoms with van der Waals surface area (Å²) >= 11 is 6.16. The Morgan fingerprint density at radius 3 is 2.64 bits per heavy atom. The number of sulfonamides is 1. The van der Waals surface area contributed by atoms with Gasteiger partial charge in [0, 0.05) is 35.6 Å². The minimum absolute atomic E-state index is 0.0173. The van der Waals surface area contributed by atoms with Gasteiger partial charge in [0.2, 0.25) is 11.8 Å². The second kappa shape index (κ2) is 8.39. The summed E-state index contributed by atoms with van der Waals surface area (Å²) in [6.45, 7) is 3.10. The lowest BCUT2D eigenvalue weighted by atomic mass is 9.99. The molecule has 1 saturated heterocycles. The van der Waals surface area contributed by atoms with Crippen molar-refractivity contribution in [2.24, 2.45) is 0 Å². The van der Waals surface area contributed by atoms with Crippen LogP contribution in [0.15, 0.2) is 57.9 Å². The summed E-state index contributed by atoms with van der Waals surface area (Å²) in [6.07, 6.45) is 2.63. The molecule has 1 N–H and O–H groups in total. The Morgan fingerprint density at radius 1 is 1.12 bits per heavy atom. The van der Waals surface area contributed by atoms with E-state index in [4.69, 9.17) is 16.1 Å². The number of carbonyl (C=O) groups is 1. The topological polar surface area (TPSA) is 95.8 Å². The molecule has 33 heavy (non-hydrogen) atoms. The van der Waals surface area contributed by atoms with Crippen LogP contribution in [0.4, 0.5) is 17.3 Å². The highest BCUT2D eigenvalue weighted by atomic mass is 35.5. The lowest BCUT2D eigenvalue weighted by Crippen LogP contribution is -2.44. The van der Waals surface area contributed by atoms with Gasteiger partial charge < -0.3 is 14.3 Å². The number of aryl methyl sites for hydroxylation is 2. The Bertz CT molecular complexity index is 1310. The van der Waals surface area contributed by atoms with Crippen molar-refractivity contribution in [1.29, 1.82) is 0 Å². The van der Waals surface area contributed by atoms with Crippen LogP contribution >= 0.6 is 11.6 Å². The van der Waals surface area contributed by atoms with Crippen LogP contribution in [0.25, 0.3) is 0 Å². The van der Waals surface area contributed by atoms with Gasteiger partial charge in [0.05, 0.1) is 10.6 Å². The van der Waals surface area contributed by atoms with Gasteiger partial charge in [-0.2, -0.15) is 0 Å². The molecule has 0 spiro atoms. The van der Waals surface area contributed by atoms with Gasteiger partial charge in [0.15, 0.2) is 0 Å². The first-order valence-corrected chi connectivity index (χ1v) is 12.6. The third-order valence-corrected chi connectivity index (χ3v) is 7.67. The van der Waals surface area contributed by atoms with Crippen LogP contribution in [0.3, 0.4) is 0 Å². The zero-order valence-electron chi connectivity index (χ0n) is 18.0. The van der Waals surface area contributed by atoms with Crippen molar-refractivity contribution >= 4 is 44.8 Å². The molecule has 2 aromatic carbocycles. The highest BCUT2D eigenvalue weighted by Gasteiger charge is 2.38. The molecule has 1 amide bonds. The van der Waals surface area contributed by atoms with Crippen LogP contribution in [-0.2, 0) is 21.2 Å². The largest absolute Gasteiger partial charge is 0.359 e. The Kier molecular flexibility index (Phi) is 5.54. The maximum atomic E-state index is 13.3. The number of benzene rings is 2. The molecule has 0 unspecified atom stereocenters. The highest BCUT2D eigenvalue weighted by Crippen LogP contribution is 2.35. The number of nitrogens with one attached hydrogen (secondary N) is 1. The first-order chi connectivity index (χ1) is 15.8. The first-order valence-electron chi connectivity index (χ1n) is 10.7. The molecule has 2 aliphatic rings. The summed E-state index contributed by atoms with van der Waals surface area (Å²) in [5.74, 6) is 0.0703. The fourth-order valence-corrected chi connectivity index (χ4v) is 5.71. The van der Waals surface area contributed by atoms with Crippen molar-refractivity contribution < 1.29 is 17.7 Å². The van der Waals surface area contributed by atoms with E-state index in [-0.39, 0.29) is 22.7 Å². The van der Waals surface area contributed by atoms with Crippen molar-refractivity contribution in [2.45, 2.75) is 37.1 Å². The molecule has 8 nitrogen and oxygen atoms in total. The predicted octanol–water partition coefficient (Wildman–Crippen LogP) is 4.00. The molecule has 1 atom stereocenters. The number of hydrogen-bond donors (Lipinski definition) is 1. The van der Waals surface area contributed by atoms with Gasteiger partial charge in [-0.25, -0.2) is 13.1 Å². The van der Waals surface area contributed by atoms with E-state index in [0.29, 0.717) is 29.4 Å². The van der Waals surface area contributed by atoms with E-state index in [0.717, 1.165) is 25.1 Å². The van der Waals surface area contributed by atoms with Crippen LogP contribution in [0.5, 0.6) is 0 Å². The van der Waals surface area contributed by atoms with Crippen molar-refractivity contribution in [3.63, 3.8) is 0 Å². The number of hydrogen-bond acceptors (Lipinski definition) is 6. The third kappa shape index (κ3) is 4.18. The molecule has 0 saturated carbocycles. The van der Waals surface area contributed by atoms with E-state index in [9.17, 15) is 13.2 Å². The summed E-state index contributed by atoms with van der Waals surface area (Å²) in [6, 6.07) is 13.4. The van der Waals surface area contributed by atoms with Gasteiger partial charge in [0.1, 0.15) is 6.04 Å². The zero-order valence-corrected chi connectivity index (χ0v) is 19.6. The number of halogens is 1. The molecule has 0 aliphatic carbocycles. The molecule has 0 bridgehead atoms. The quantitative estimate of drug-likeness (QED) is 0.585. The molecule has 5 rings (SSSR count). The minimum atomic E-state index is -3.82. The molecule has 1 fully saturated rings. The van der Waals surface area contributed by atoms with Crippen LogP contribution in [-0.4, -0.2) is 38.6 Å². The Morgan fingerprint density at radius 2 is 1.91 bits per heavy atom. The van der Waals surface area contributed by atoms with Gasteiger partial charge in [-0.1, -0.05) is 16.8 Å². The molecule has 3 aromatic rings. The van der Waals surface area contributed by atoms with Gasteiger partial charge >= 0.3 is 0 Å². The standard InChI is InChI=1S/C23H23ClN4O4S/c1-15-13-22(32-25-15)26-33(30,31)19-7-5-18(6-8-19)27-12-10-21(23(27)29)28-11-2-3-16-14-17(24)4-9-20(16)28/h4-9,13-14,21,26H,2-3,10-12H2,1H3/t21-/m1/s1. The first kappa shape index (κ1) is 21.8. The van der Waals surface area contributed by atoms with Crippen molar-refractivity contribution in [3.8, 4) is 0 Å². The fourth-order valence-electron chi connectivity index (χ4n) is 4.54. The lowest BCUT2D eigenvalue weighted by molar-refractivity contribution is -0.118. The number of anilines is 3. The highest BCUT2D eigenvalue weighted by molar-refractivity contribution is 7.92. The van der Waals surface area contributed by atoms with E-state index in [2.05, 4.69) is 14.8 Å². The molecule has 3 heterocycles. The number of fused-ring (bicyclic) bond motifs is 1. The number of carbonyl (C=O) groups excluding carboxylic acids is 1. The second-order valence-corrected chi connectivity index (χ2v) is 10.4. The summed E-state index contributed by atoms with van der Waals surface area (Å²) < 4.78 is 32.5. The van der Waals surface area contributed by atoms with Crippen LogP contribution in [0.1, 0.15) is 24.1 Å². The van der Waals surface area contributed by atoms with E-state index >= 15 is 0 Å².